The van der Waals surface area contributed by atoms with Crippen molar-refractivity contribution in [1.82, 2.24) is 9.88 Å². The second kappa shape index (κ2) is 8.22. The number of hydrogen-bond donors (Lipinski definition) is 1. The molecule has 1 aliphatic carbocycles. The van der Waals surface area contributed by atoms with Gasteiger partial charge < -0.3 is 19.5 Å². The highest BCUT2D eigenvalue weighted by Gasteiger charge is 2.52. The van der Waals surface area contributed by atoms with Crippen LogP contribution in [0.15, 0.2) is 22.9 Å². The fourth-order valence-electron chi connectivity index (χ4n) is 4.54. The van der Waals surface area contributed by atoms with Crippen molar-refractivity contribution in [2.24, 2.45) is 5.41 Å². The van der Waals surface area contributed by atoms with Gasteiger partial charge in [-0.15, -0.1) is 0 Å². The molecule has 1 unspecified atom stereocenters. The quantitative estimate of drug-likeness (QED) is 0.706. The molecule has 1 saturated heterocycles. The summed E-state index contributed by atoms with van der Waals surface area (Å²) in [6.07, 6.45) is 7.28. The zero-order chi connectivity index (χ0) is 21.3. The number of hydrogen-bond acceptors (Lipinski definition) is 5. The maximum absolute atomic E-state index is 12.4. The number of carbonyl (C=O) groups is 2. The molecule has 0 aromatic carbocycles. The fourth-order valence-corrected chi connectivity index (χ4v) is 5.15. The summed E-state index contributed by atoms with van der Waals surface area (Å²) in [5.74, 6) is -0.977. The van der Waals surface area contributed by atoms with E-state index in [9.17, 15) is 14.7 Å². The van der Waals surface area contributed by atoms with E-state index in [1.165, 1.54) is 0 Å². The van der Waals surface area contributed by atoms with Crippen LogP contribution in [0.4, 0.5) is 4.79 Å². The second-order valence-electron chi connectivity index (χ2n) is 9.18. The molecule has 2 fully saturated rings. The Kier molecular flexibility index (Phi) is 6.24. The van der Waals surface area contributed by atoms with Crippen molar-refractivity contribution in [3.63, 3.8) is 0 Å². The molecular formula is C21H29BrN2O5. The van der Waals surface area contributed by atoms with Gasteiger partial charge in [-0.05, 0) is 80.3 Å². The highest BCUT2D eigenvalue weighted by atomic mass is 79.9. The molecule has 160 valence electrons. The first-order valence-electron chi connectivity index (χ1n) is 9.98. The summed E-state index contributed by atoms with van der Waals surface area (Å²) in [5, 5.41) is 9.19. The zero-order valence-corrected chi connectivity index (χ0v) is 18.8. The normalized spacial score (nSPS) is 23.9. The van der Waals surface area contributed by atoms with E-state index < -0.39 is 17.2 Å². The number of carboxylic acids is 1. The molecule has 3 rings (SSSR count). The summed E-state index contributed by atoms with van der Waals surface area (Å²) in [4.78, 5) is 29.5. The third-order valence-electron chi connectivity index (χ3n) is 5.93. The SMILES string of the molecule is CC(C)(C)OC(=O)N1CCC2(CC1)CCC(OCC(=O)O)(c1ccncc1Br)C2. The monoisotopic (exact) mass is 468 g/mol. The number of halogens is 1. The number of piperidine rings is 1. The number of aliphatic carboxylic acids is 1. The lowest BCUT2D eigenvalue weighted by atomic mass is 9.75. The molecule has 1 amide bonds. The van der Waals surface area contributed by atoms with Gasteiger partial charge in [0.25, 0.3) is 0 Å². The standard InChI is InChI=1S/C21H29BrN2O5/c1-19(2,3)29-18(27)24-10-7-20(8-11-24)5-6-21(14-20,28-13-17(25)26)15-4-9-23-12-16(15)22/h4,9,12H,5-8,10-11,13-14H2,1-3H3,(H,25,26). The number of carboxylic acid groups (broad SMARTS) is 1. The Bertz CT molecular complexity index is 771. The number of likely N-dealkylation sites (tertiary alicyclic amines) is 1. The molecule has 1 aromatic rings. The van der Waals surface area contributed by atoms with Crippen LogP contribution in [0.25, 0.3) is 0 Å². The first-order valence-corrected chi connectivity index (χ1v) is 10.8. The van der Waals surface area contributed by atoms with Crippen molar-refractivity contribution >= 4 is 28.0 Å². The number of pyridine rings is 1. The van der Waals surface area contributed by atoms with E-state index in [0.717, 1.165) is 42.1 Å². The minimum absolute atomic E-state index is 0.0275. The summed E-state index contributed by atoms with van der Waals surface area (Å²) >= 11 is 3.56. The van der Waals surface area contributed by atoms with Crippen LogP contribution in [0.1, 0.15) is 58.4 Å². The van der Waals surface area contributed by atoms with Crippen molar-refractivity contribution in [2.75, 3.05) is 19.7 Å². The van der Waals surface area contributed by atoms with Crippen LogP contribution in [0.2, 0.25) is 0 Å². The number of ether oxygens (including phenoxy) is 2. The molecular weight excluding hydrogens is 440 g/mol. The highest BCUT2D eigenvalue weighted by Crippen LogP contribution is 2.57. The van der Waals surface area contributed by atoms with Gasteiger partial charge in [0.05, 0.1) is 5.60 Å². The van der Waals surface area contributed by atoms with Gasteiger partial charge in [-0.2, -0.15) is 0 Å². The predicted molar refractivity (Wildman–Crippen MR) is 111 cm³/mol. The maximum Gasteiger partial charge on any atom is 0.410 e. The Hall–Kier alpha value is -1.67. The lowest BCUT2D eigenvalue weighted by Gasteiger charge is -2.41. The predicted octanol–water partition coefficient (Wildman–Crippen LogP) is 4.34. The summed E-state index contributed by atoms with van der Waals surface area (Å²) in [7, 11) is 0. The van der Waals surface area contributed by atoms with Gasteiger partial charge in [0, 0.05) is 35.5 Å². The number of amides is 1. The number of carbonyl (C=O) groups excluding carboxylic acids is 1. The zero-order valence-electron chi connectivity index (χ0n) is 17.2. The molecule has 0 radical (unpaired) electrons. The third-order valence-corrected chi connectivity index (χ3v) is 6.56. The fraction of sp³-hybridized carbons (Fsp3) is 0.667. The Morgan fingerprint density at radius 2 is 1.93 bits per heavy atom. The van der Waals surface area contributed by atoms with Crippen LogP contribution in [-0.4, -0.2) is 52.4 Å². The van der Waals surface area contributed by atoms with Crippen molar-refractivity contribution in [3.8, 4) is 0 Å². The van der Waals surface area contributed by atoms with Gasteiger partial charge >= 0.3 is 12.1 Å². The Morgan fingerprint density at radius 1 is 1.24 bits per heavy atom. The maximum atomic E-state index is 12.4. The first-order chi connectivity index (χ1) is 13.5. The minimum atomic E-state index is -0.977. The van der Waals surface area contributed by atoms with E-state index in [0.29, 0.717) is 13.1 Å². The lowest BCUT2D eigenvalue weighted by Crippen LogP contribution is -2.45. The summed E-state index contributed by atoms with van der Waals surface area (Å²) < 4.78 is 12.4. The van der Waals surface area contributed by atoms with E-state index in [-0.39, 0.29) is 18.1 Å². The average molecular weight is 469 g/mol. The molecule has 29 heavy (non-hydrogen) atoms. The smallest absolute Gasteiger partial charge is 0.410 e. The molecule has 1 spiro atoms. The molecule has 1 saturated carbocycles. The third kappa shape index (κ3) is 5.09. The van der Waals surface area contributed by atoms with Crippen molar-refractivity contribution in [2.45, 2.75) is 64.1 Å². The van der Waals surface area contributed by atoms with Crippen LogP contribution in [0.5, 0.6) is 0 Å². The van der Waals surface area contributed by atoms with Gasteiger partial charge in [0.2, 0.25) is 0 Å². The molecule has 1 atom stereocenters. The van der Waals surface area contributed by atoms with Gasteiger partial charge in [-0.25, -0.2) is 9.59 Å². The summed E-state index contributed by atoms with van der Waals surface area (Å²) in [5.41, 5.74) is -0.193. The van der Waals surface area contributed by atoms with Gasteiger partial charge in [-0.3, -0.25) is 4.98 Å². The first kappa shape index (κ1) is 22.0. The van der Waals surface area contributed by atoms with Crippen molar-refractivity contribution in [1.29, 1.82) is 0 Å². The van der Waals surface area contributed by atoms with Crippen LogP contribution >= 0.6 is 15.9 Å². The molecule has 2 heterocycles. The average Bonchev–Trinajstić information content (AvgIpc) is 2.99. The van der Waals surface area contributed by atoms with E-state index >= 15 is 0 Å². The topological polar surface area (TPSA) is 89.0 Å². The summed E-state index contributed by atoms with van der Waals surface area (Å²) in [6, 6.07) is 1.90. The lowest BCUT2D eigenvalue weighted by molar-refractivity contribution is -0.151. The molecule has 2 aliphatic rings. The number of nitrogens with zero attached hydrogens (tertiary/aromatic N) is 2. The van der Waals surface area contributed by atoms with E-state index in [1.807, 2.05) is 26.8 Å². The van der Waals surface area contributed by atoms with Gasteiger partial charge in [0.15, 0.2) is 0 Å². The van der Waals surface area contributed by atoms with E-state index in [4.69, 9.17) is 9.47 Å². The molecule has 1 N–H and O–H groups in total. The Labute approximate surface area is 179 Å². The molecule has 8 heteroatoms. The van der Waals surface area contributed by atoms with Gasteiger partial charge in [-0.1, -0.05) is 0 Å². The van der Waals surface area contributed by atoms with E-state index in [1.54, 1.807) is 17.3 Å². The van der Waals surface area contributed by atoms with Crippen LogP contribution in [0.3, 0.4) is 0 Å². The highest BCUT2D eigenvalue weighted by molar-refractivity contribution is 9.10. The van der Waals surface area contributed by atoms with Crippen LogP contribution in [0, 0.1) is 5.41 Å². The minimum Gasteiger partial charge on any atom is -0.480 e. The molecule has 1 aromatic heterocycles. The van der Waals surface area contributed by atoms with E-state index in [2.05, 4.69) is 20.9 Å². The van der Waals surface area contributed by atoms with Crippen LogP contribution in [-0.2, 0) is 19.9 Å². The van der Waals surface area contributed by atoms with Gasteiger partial charge in [0.1, 0.15) is 12.2 Å². The van der Waals surface area contributed by atoms with Crippen molar-refractivity contribution < 1.29 is 24.2 Å². The molecule has 0 bridgehead atoms. The number of aromatic nitrogens is 1. The molecule has 1 aliphatic heterocycles. The Balaban J connectivity index is 1.74. The van der Waals surface area contributed by atoms with Crippen LogP contribution < -0.4 is 0 Å². The Morgan fingerprint density at radius 3 is 2.52 bits per heavy atom. The second-order valence-corrected chi connectivity index (χ2v) is 10.0. The summed E-state index contributed by atoms with van der Waals surface area (Å²) in [6.45, 7) is 6.55. The van der Waals surface area contributed by atoms with Crippen molar-refractivity contribution in [3.05, 3.63) is 28.5 Å². The molecule has 7 nitrogen and oxygen atoms in total. The largest absolute Gasteiger partial charge is 0.480 e. The number of rotatable bonds is 4.